The first-order valence-electron chi connectivity index (χ1n) is 8.11. The number of hydrogen-bond acceptors (Lipinski definition) is 3. The molecule has 0 aliphatic heterocycles. The Kier molecular flexibility index (Phi) is 4.69. The van der Waals surface area contributed by atoms with Gasteiger partial charge in [-0.1, -0.05) is 47.6 Å². The molecule has 0 fully saturated rings. The molecule has 0 bridgehead atoms. The highest BCUT2D eigenvalue weighted by Gasteiger charge is 2.26. The van der Waals surface area contributed by atoms with Gasteiger partial charge in [-0.2, -0.15) is 0 Å². The predicted molar refractivity (Wildman–Crippen MR) is 97.1 cm³/mol. The van der Waals surface area contributed by atoms with Crippen LogP contribution in [0.5, 0.6) is 5.75 Å². The Morgan fingerprint density at radius 2 is 1.52 bits per heavy atom. The van der Waals surface area contributed by atoms with E-state index in [0.717, 1.165) is 22.5 Å². The quantitative estimate of drug-likeness (QED) is 0.839. The molecule has 0 aliphatic carbocycles. The number of aromatic hydroxyl groups is 1. The molecule has 0 atom stereocenters. The van der Waals surface area contributed by atoms with Gasteiger partial charge in [-0.3, -0.25) is 0 Å². The summed E-state index contributed by atoms with van der Waals surface area (Å²) < 4.78 is 0. The molecule has 23 heavy (non-hydrogen) atoms. The Hall–Kier alpha value is -2.03. The van der Waals surface area contributed by atoms with E-state index in [1.165, 1.54) is 0 Å². The third-order valence-electron chi connectivity index (χ3n) is 3.92. The van der Waals surface area contributed by atoms with E-state index in [-0.39, 0.29) is 10.8 Å². The lowest BCUT2D eigenvalue weighted by Crippen LogP contribution is -2.18. The van der Waals surface area contributed by atoms with Crippen LogP contribution in [0.3, 0.4) is 0 Å². The molecule has 3 heteroatoms. The number of nitrogens with zero attached hydrogens (tertiary/aromatic N) is 1. The van der Waals surface area contributed by atoms with Gasteiger partial charge in [-0.25, -0.2) is 4.98 Å². The molecule has 3 nitrogen and oxygen atoms in total. The Bertz CT molecular complexity index is 629. The van der Waals surface area contributed by atoms with Gasteiger partial charge in [0.05, 0.1) is 0 Å². The fraction of sp³-hybridized carbons (Fsp3) is 0.450. The zero-order valence-corrected chi connectivity index (χ0v) is 15.1. The third-order valence-corrected chi connectivity index (χ3v) is 3.92. The number of aromatic nitrogens is 1. The summed E-state index contributed by atoms with van der Waals surface area (Å²) in [5, 5.41) is 14.1. The Morgan fingerprint density at radius 3 is 1.96 bits per heavy atom. The van der Waals surface area contributed by atoms with Crippen molar-refractivity contribution in [3.8, 4) is 5.75 Å². The number of rotatable bonds is 3. The fourth-order valence-corrected chi connectivity index (χ4v) is 2.60. The third kappa shape index (κ3) is 4.25. The summed E-state index contributed by atoms with van der Waals surface area (Å²) in [5.74, 6) is 1.28. The molecule has 2 rings (SSSR count). The summed E-state index contributed by atoms with van der Waals surface area (Å²) in [4.78, 5) is 4.29. The molecule has 0 unspecified atom stereocenters. The summed E-state index contributed by atoms with van der Waals surface area (Å²) in [7, 11) is 0. The van der Waals surface area contributed by atoms with Crippen LogP contribution in [-0.4, -0.2) is 10.1 Å². The lowest BCUT2D eigenvalue weighted by molar-refractivity contribution is 0.423. The molecule has 1 heterocycles. The average Bonchev–Trinajstić information content (AvgIpc) is 2.44. The van der Waals surface area contributed by atoms with Crippen LogP contribution in [0.1, 0.15) is 58.2 Å². The second-order valence-electron chi connectivity index (χ2n) is 8.11. The summed E-state index contributed by atoms with van der Waals surface area (Å²) in [6, 6.07) is 10.0. The van der Waals surface area contributed by atoms with E-state index in [0.29, 0.717) is 12.3 Å². The highest BCUT2D eigenvalue weighted by atomic mass is 16.3. The van der Waals surface area contributed by atoms with Crippen molar-refractivity contribution in [2.45, 2.75) is 58.9 Å². The van der Waals surface area contributed by atoms with Crippen LogP contribution in [-0.2, 0) is 17.4 Å². The maximum atomic E-state index is 10.7. The molecule has 0 saturated heterocycles. The smallest absolute Gasteiger partial charge is 0.126 e. The minimum absolute atomic E-state index is 0.106. The zero-order valence-electron chi connectivity index (χ0n) is 15.1. The monoisotopic (exact) mass is 312 g/mol. The molecule has 0 spiro atoms. The van der Waals surface area contributed by atoms with Crippen molar-refractivity contribution < 1.29 is 5.11 Å². The zero-order chi connectivity index (χ0) is 17.3. The lowest BCUT2D eigenvalue weighted by Gasteiger charge is -2.28. The molecular weight excluding hydrogens is 284 g/mol. The molecule has 1 aromatic carbocycles. The first kappa shape index (κ1) is 17.3. The van der Waals surface area contributed by atoms with Gasteiger partial charge >= 0.3 is 0 Å². The van der Waals surface area contributed by atoms with Crippen LogP contribution in [0.2, 0.25) is 0 Å². The van der Waals surface area contributed by atoms with E-state index in [9.17, 15) is 5.11 Å². The fourth-order valence-electron chi connectivity index (χ4n) is 2.60. The Labute approximate surface area is 139 Å². The molecule has 1 aromatic heterocycles. The van der Waals surface area contributed by atoms with Crippen LogP contribution in [0.4, 0.5) is 5.82 Å². The van der Waals surface area contributed by atoms with Crippen molar-refractivity contribution in [1.29, 1.82) is 0 Å². The van der Waals surface area contributed by atoms with Crippen molar-refractivity contribution in [2.24, 2.45) is 0 Å². The molecule has 2 N–H and O–H groups in total. The normalized spacial score (nSPS) is 12.3. The van der Waals surface area contributed by atoms with Crippen LogP contribution >= 0.6 is 0 Å². The van der Waals surface area contributed by atoms with Gasteiger partial charge in [0.25, 0.3) is 0 Å². The van der Waals surface area contributed by atoms with E-state index in [2.05, 4.69) is 64.0 Å². The number of anilines is 1. The van der Waals surface area contributed by atoms with Crippen LogP contribution < -0.4 is 5.32 Å². The van der Waals surface area contributed by atoms with Gasteiger partial charge in [0.15, 0.2) is 0 Å². The number of pyridine rings is 1. The van der Waals surface area contributed by atoms with E-state index >= 15 is 0 Å². The number of benzene rings is 1. The SMILES string of the molecule is CC(C)(C)c1cc(CNc2ccccn2)cc(C(C)(C)C)c1O. The number of hydrogen-bond donors (Lipinski definition) is 2. The first-order valence-corrected chi connectivity index (χ1v) is 8.11. The highest BCUT2D eigenvalue weighted by Crippen LogP contribution is 2.39. The van der Waals surface area contributed by atoms with E-state index < -0.39 is 0 Å². The largest absolute Gasteiger partial charge is 0.507 e. The summed E-state index contributed by atoms with van der Waals surface area (Å²) >= 11 is 0. The second-order valence-corrected chi connectivity index (χ2v) is 8.11. The van der Waals surface area contributed by atoms with Crippen LogP contribution in [0.25, 0.3) is 0 Å². The van der Waals surface area contributed by atoms with Crippen molar-refractivity contribution in [3.63, 3.8) is 0 Å². The minimum atomic E-state index is -0.106. The summed E-state index contributed by atoms with van der Waals surface area (Å²) in [5.41, 5.74) is 2.92. The second kappa shape index (κ2) is 6.23. The lowest BCUT2D eigenvalue weighted by atomic mass is 9.78. The molecule has 124 valence electrons. The van der Waals surface area contributed by atoms with Gasteiger partial charge in [0.1, 0.15) is 11.6 Å². The summed E-state index contributed by atoms with van der Waals surface area (Å²) in [6.07, 6.45) is 1.78. The molecule has 0 saturated carbocycles. The maximum absolute atomic E-state index is 10.7. The standard InChI is InChI=1S/C20H28N2O/c1-19(2,3)15-11-14(12-16(18(15)23)20(4,5)6)13-22-17-9-7-8-10-21-17/h7-12,23H,13H2,1-6H3,(H,21,22). The van der Waals surface area contributed by atoms with Gasteiger partial charge in [0.2, 0.25) is 0 Å². The number of phenols is 1. The van der Waals surface area contributed by atoms with Crippen LogP contribution in [0.15, 0.2) is 36.5 Å². The molecule has 0 radical (unpaired) electrons. The Morgan fingerprint density at radius 1 is 0.957 bits per heavy atom. The predicted octanol–water partition coefficient (Wildman–Crippen LogP) is 4.99. The Balaban J connectivity index is 2.40. The van der Waals surface area contributed by atoms with E-state index in [1.54, 1.807) is 6.20 Å². The number of nitrogens with one attached hydrogen (secondary N) is 1. The van der Waals surface area contributed by atoms with Crippen molar-refractivity contribution in [3.05, 3.63) is 53.2 Å². The van der Waals surface area contributed by atoms with Crippen LogP contribution in [0, 0.1) is 0 Å². The van der Waals surface area contributed by atoms with Gasteiger partial charge in [0, 0.05) is 12.7 Å². The molecule has 0 aliphatic rings. The summed E-state index contributed by atoms with van der Waals surface area (Å²) in [6.45, 7) is 13.5. The van der Waals surface area contributed by atoms with E-state index in [1.807, 2.05) is 18.2 Å². The number of phenolic OH excluding ortho intramolecular Hbond substituents is 1. The first-order chi connectivity index (χ1) is 10.6. The topological polar surface area (TPSA) is 45.2 Å². The van der Waals surface area contributed by atoms with Crippen molar-refractivity contribution in [2.75, 3.05) is 5.32 Å². The van der Waals surface area contributed by atoms with Gasteiger partial charge in [-0.05, 0) is 51.8 Å². The van der Waals surface area contributed by atoms with E-state index in [4.69, 9.17) is 0 Å². The highest BCUT2D eigenvalue weighted by molar-refractivity contribution is 5.50. The average molecular weight is 312 g/mol. The molecule has 0 amide bonds. The maximum Gasteiger partial charge on any atom is 0.126 e. The molecule has 2 aromatic rings. The van der Waals surface area contributed by atoms with Gasteiger partial charge in [-0.15, -0.1) is 0 Å². The van der Waals surface area contributed by atoms with Crippen molar-refractivity contribution >= 4 is 5.82 Å². The van der Waals surface area contributed by atoms with Crippen molar-refractivity contribution in [1.82, 2.24) is 4.98 Å². The van der Waals surface area contributed by atoms with Gasteiger partial charge < -0.3 is 10.4 Å². The molecular formula is C20H28N2O. The minimum Gasteiger partial charge on any atom is -0.507 e.